The first kappa shape index (κ1) is 18.4. The molecule has 0 aromatic rings. The molecule has 0 spiro atoms. The Morgan fingerprint density at radius 1 is 1.10 bits per heavy atom. The quantitative estimate of drug-likeness (QED) is 0.661. The van der Waals surface area contributed by atoms with Gasteiger partial charge >= 0.3 is 11.9 Å². The fourth-order valence-corrected chi connectivity index (χ4v) is 1.97. The van der Waals surface area contributed by atoms with Crippen LogP contribution < -0.4 is 5.32 Å². The maximum Gasteiger partial charge on any atom is 0.326 e. The number of hydrogen-bond donors (Lipinski definition) is 3. The predicted molar refractivity (Wildman–Crippen MR) is 74.2 cm³/mol. The number of carbonyl (C=O) groups is 3. The van der Waals surface area contributed by atoms with Crippen LogP contribution in [0.3, 0.4) is 0 Å². The monoisotopic (exact) mass is 287 g/mol. The van der Waals surface area contributed by atoms with E-state index in [1.165, 1.54) is 0 Å². The van der Waals surface area contributed by atoms with Gasteiger partial charge in [-0.25, -0.2) is 4.79 Å². The molecule has 20 heavy (non-hydrogen) atoms. The fourth-order valence-electron chi connectivity index (χ4n) is 1.97. The summed E-state index contributed by atoms with van der Waals surface area (Å²) >= 11 is 0. The van der Waals surface area contributed by atoms with Crippen LogP contribution in [0.15, 0.2) is 0 Å². The average molecular weight is 287 g/mol. The molecular weight excluding hydrogens is 262 g/mol. The Kier molecular flexibility index (Phi) is 6.68. The number of amides is 1. The second kappa shape index (κ2) is 7.26. The summed E-state index contributed by atoms with van der Waals surface area (Å²) in [6.45, 7) is 8.91. The molecule has 0 aliphatic carbocycles. The number of carbonyl (C=O) groups excluding carboxylic acids is 1. The Hall–Kier alpha value is -1.59. The van der Waals surface area contributed by atoms with Gasteiger partial charge in [0, 0.05) is 5.92 Å². The van der Waals surface area contributed by atoms with Crippen LogP contribution in [0.5, 0.6) is 0 Å². The van der Waals surface area contributed by atoms with E-state index >= 15 is 0 Å². The molecule has 0 rings (SSSR count). The van der Waals surface area contributed by atoms with Crippen molar-refractivity contribution in [2.24, 2.45) is 17.3 Å². The van der Waals surface area contributed by atoms with E-state index in [2.05, 4.69) is 5.32 Å². The van der Waals surface area contributed by atoms with E-state index < -0.39 is 35.2 Å². The van der Waals surface area contributed by atoms with Crippen LogP contribution in [-0.4, -0.2) is 34.1 Å². The molecule has 6 nitrogen and oxygen atoms in total. The number of nitrogens with one attached hydrogen (secondary N) is 1. The minimum atomic E-state index is -1.12. The molecule has 1 amide bonds. The van der Waals surface area contributed by atoms with Gasteiger partial charge in [0.1, 0.15) is 6.04 Å². The lowest BCUT2D eigenvalue weighted by Gasteiger charge is -2.29. The molecule has 116 valence electrons. The van der Waals surface area contributed by atoms with E-state index in [0.29, 0.717) is 6.42 Å². The second-order valence-electron chi connectivity index (χ2n) is 6.57. The van der Waals surface area contributed by atoms with Gasteiger partial charge in [0.05, 0.1) is 6.42 Å². The summed E-state index contributed by atoms with van der Waals surface area (Å²) in [6.07, 6.45) is 0.120. The molecule has 0 radical (unpaired) electrons. The first-order valence-corrected chi connectivity index (χ1v) is 6.70. The third-order valence-corrected chi connectivity index (χ3v) is 2.95. The van der Waals surface area contributed by atoms with E-state index in [-0.39, 0.29) is 12.3 Å². The molecule has 0 bridgehead atoms. The molecule has 0 aliphatic heterocycles. The Labute approximate surface area is 119 Å². The molecule has 0 aromatic carbocycles. The maximum absolute atomic E-state index is 12.1. The summed E-state index contributed by atoms with van der Waals surface area (Å²) in [4.78, 5) is 34.2. The molecule has 0 aromatic heterocycles. The van der Waals surface area contributed by atoms with Crippen molar-refractivity contribution in [2.75, 3.05) is 0 Å². The van der Waals surface area contributed by atoms with Gasteiger partial charge in [0.15, 0.2) is 0 Å². The first-order chi connectivity index (χ1) is 8.95. The molecule has 0 saturated heterocycles. The number of hydrogen-bond acceptors (Lipinski definition) is 3. The standard InChI is InChI=1S/C14H25NO5/c1-8(2)6-9(7-10(16)17)12(18)15-11(13(19)20)14(3,4)5/h8-9,11H,6-7H2,1-5H3,(H,15,18)(H,16,17)(H,19,20)/t9?,11-/m1/s1. The van der Waals surface area contributed by atoms with Crippen LogP contribution >= 0.6 is 0 Å². The zero-order valence-corrected chi connectivity index (χ0v) is 12.8. The molecule has 2 atom stereocenters. The maximum atomic E-state index is 12.1. The number of rotatable bonds is 7. The van der Waals surface area contributed by atoms with E-state index in [1.54, 1.807) is 20.8 Å². The van der Waals surface area contributed by atoms with Crippen molar-refractivity contribution in [2.45, 2.75) is 53.5 Å². The predicted octanol–water partition coefficient (Wildman–Crippen LogP) is 1.74. The molecule has 1 unspecified atom stereocenters. The first-order valence-electron chi connectivity index (χ1n) is 6.70. The van der Waals surface area contributed by atoms with Crippen molar-refractivity contribution in [3.8, 4) is 0 Å². The zero-order chi connectivity index (χ0) is 16.1. The van der Waals surface area contributed by atoms with Crippen LogP contribution in [0.4, 0.5) is 0 Å². The van der Waals surface area contributed by atoms with Gasteiger partial charge in [0.25, 0.3) is 0 Å². The molecule has 0 aliphatic rings. The van der Waals surface area contributed by atoms with Crippen molar-refractivity contribution in [1.29, 1.82) is 0 Å². The summed E-state index contributed by atoms with van der Waals surface area (Å²) in [5.41, 5.74) is -0.646. The van der Waals surface area contributed by atoms with Gasteiger partial charge < -0.3 is 15.5 Å². The van der Waals surface area contributed by atoms with Crippen LogP contribution in [0.2, 0.25) is 0 Å². The molecule has 0 saturated carbocycles. The Balaban J connectivity index is 4.97. The summed E-state index contributed by atoms with van der Waals surface area (Å²) in [7, 11) is 0. The van der Waals surface area contributed by atoms with Crippen LogP contribution in [0.1, 0.15) is 47.5 Å². The highest BCUT2D eigenvalue weighted by Crippen LogP contribution is 2.22. The zero-order valence-electron chi connectivity index (χ0n) is 12.8. The fraction of sp³-hybridized carbons (Fsp3) is 0.786. The largest absolute Gasteiger partial charge is 0.481 e. The lowest BCUT2D eigenvalue weighted by Crippen LogP contribution is -2.51. The van der Waals surface area contributed by atoms with E-state index in [4.69, 9.17) is 5.11 Å². The van der Waals surface area contributed by atoms with Gasteiger partial charge in [-0.05, 0) is 17.8 Å². The van der Waals surface area contributed by atoms with Gasteiger partial charge in [-0.2, -0.15) is 0 Å². The van der Waals surface area contributed by atoms with Gasteiger partial charge in [0.2, 0.25) is 5.91 Å². The summed E-state index contributed by atoms with van der Waals surface area (Å²) in [5.74, 6) is -3.25. The van der Waals surface area contributed by atoms with Crippen LogP contribution in [0.25, 0.3) is 0 Å². The summed E-state index contributed by atoms with van der Waals surface area (Å²) in [6, 6.07) is -1.04. The van der Waals surface area contributed by atoms with Crippen LogP contribution in [0, 0.1) is 17.3 Å². The lowest BCUT2D eigenvalue weighted by molar-refractivity contribution is -0.146. The normalized spacial score (nSPS) is 14.7. The molecule has 3 N–H and O–H groups in total. The highest BCUT2D eigenvalue weighted by molar-refractivity contribution is 5.87. The second-order valence-corrected chi connectivity index (χ2v) is 6.57. The van der Waals surface area contributed by atoms with Crippen molar-refractivity contribution in [3.05, 3.63) is 0 Å². The average Bonchev–Trinajstić information content (AvgIpc) is 2.20. The van der Waals surface area contributed by atoms with Crippen molar-refractivity contribution >= 4 is 17.8 Å². The smallest absolute Gasteiger partial charge is 0.326 e. The third-order valence-electron chi connectivity index (χ3n) is 2.95. The SMILES string of the molecule is CC(C)CC(CC(=O)O)C(=O)N[C@H](C(=O)O)C(C)(C)C. The van der Waals surface area contributed by atoms with Gasteiger partial charge in [-0.1, -0.05) is 34.6 Å². The Bertz CT molecular complexity index is 370. The van der Waals surface area contributed by atoms with Crippen molar-refractivity contribution in [3.63, 3.8) is 0 Å². The molecular formula is C14H25NO5. The third kappa shape index (κ3) is 6.54. The number of aliphatic carboxylic acids is 2. The number of carboxylic acid groups (broad SMARTS) is 2. The van der Waals surface area contributed by atoms with Crippen molar-refractivity contribution in [1.82, 2.24) is 5.32 Å². The summed E-state index contributed by atoms with van der Waals surface area (Å²) in [5, 5.41) is 20.5. The highest BCUT2D eigenvalue weighted by atomic mass is 16.4. The van der Waals surface area contributed by atoms with Crippen LogP contribution in [-0.2, 0) is 14.4 Å². The summed E-state index contributed by atoms with van der Waals surface area (Å²) < 4.78 is 0. The van der Waals surface area contributed by atoms with E-state index in [1.807, 2.05) is 13.8 Å². The lowest BCUT2D eigenvalue weighted by atomic mass is 9.85. The molecule has 6 heteroatoms. The minimum Gasteiger partial charge on any atom is -0.481 e. The van der Waals surface area contributed by atoms with Crippen molar-refractivity contribution < 1.29 is 24.6 Å². The number of carboxylic acids is 2. The van der Waals surface area contributed by atoms with E-state index in [9.17, 15) is 19.5 Å². The highest BCUT2D eigenvalue weighted by Gasteiger charge is 2.34. The molecule has 0 fully saturated rings. The van der Waals surface area contributed by atoms with Gasteiger partial charge in [-0.3, -0.25) is 9.59 Å². The minimum absolute atomic E-state index is 0.156. The molecule has 0 heterocycles. The van der Waals surface area contributed by atoms with Gasteiger partial charge in [-0.15, -0.1) is 0 Å². The Morgan fingerprint density at radius 2 is 1.60 bits per heavy atom. The topological polar surface area (TPSA) is 104 Å². The van der Waals surface area contributed by atoms with E-state index in [0.717, 1.165) is 0 Å². The Morgan fingerprint density at radius 3 is 1.90 bits per heavy atom.